The standard InChI is InChI=1S/C13H19BrClN/c1-10(2)16-8-4-3-5-11-9-12(15)6-7-13(11)14/h6-7,9-10,16H,3-5,8H2,1-2H3. The number of nitrogens with one attached hydrogen (secondary N) is 1. The van der Waals surface area contributed by atoms with E-state index < -0.39 is 0 Å². The zero-order chi connectivity index (χ0) is 12.0. The molecular formula is C13H19BrClN. The van der Waals surface area contributed by atoms with Crippen LogP contribution in [0.15, 0.2) is 22.7 Å². The first-order valence-electron chi connectivity index (χ1n) is 5.77. The predicted molar refractivity (Wildman–Crippen MR) is 75.2 cm³/mol. The Balaban J connectivity index is 2.29. The van der Waals surface area contributed by atoms with E-state index in [0.29, 0.717) is 6.04 Å². The molecule has 1 N–H and O–H groups in total. The predicted octanol–water partition coefficient (Wildman–Crippen LogP) is 4.42. The fourth-order valence-corrected chi connectivity index (χ4v) is 2.21. The zero-order valence-electron chi connectivity index (χ0n) is 9.89. The van der Waals surface area contributed by atoms with Gasteiger partial charge in [-0.1, -0.05) is 41.4 Å². The molecule has 0 heterocycles. The van der Waals surface area contributed by atoms with Gasteiger partial charge in [-0.05, 0) is 49.6 Å². The second kappa shape index (κ2) is 7.31. The third-order valence-corrected chi connectivity index (χ3v) is 3.44. The number of aryl methyl sites for hydroxylation is 1. The van der Waals surface area contributed by atoms with Gasteiger partial charge < -0.3 is 5.32 Å². The van der Waals surface area contributed by atoms with E-state index in [-0.39, 0.29) is 0 Å². The number of rotatable bonds is 6. The van der Waals surface area contributed by atoms with E-state index in [9.17, 15) is 0 Å². The van der Waals surface area contributed by atoms with Crippen molar-refractivity contribution in [1.82, 2.24) is 5.32 Å². The van der Waals surface area contributed by atoms with Gasteiger partial charge in [-0.15, -0.1) is 0 Å². The number of hydrogen-bond acceptors (Lipinski definition) is 1. The van der Waals surface area contributed by atoms with Crippen LogP contribution in [-0.4, -0.2) is 12.6 Å². The van der Waals surface area contributed by atoms with Crippen LogP contribution in [0.2, 0.25) is 5.02 Å². The molecule has 0 unspecified atom stereocenters. The Kier molecular flexibility index (Phi) is 6.40. The molecule has 90 valence electrons. The molecule has 0 saturated carbocycles. The van der Waals surface area contributed by atoms with Crippen molar-refractivity contribution in [2.45, 2.75) is 39.2 Å². The quantitative estimate of drug-likeness (QED) is 0.767. The van der Waals surface area contributed by atoms with Crippen LogP contribution >= 0.6 is 27.5 Å². The van der Waals surface area contributed by atoms with Crippen molar-refractivity contribution in [3.05, 3.63) is 33.3 Å². The molecule has 1 aromatic rings. The average Bonchev–Trinajstić information content (AvgIpc) is 2.22. The highest BCUT2D eigenvalue weighted by atomic mass is 79.9. The number of halogens is 2. The van der Waals surface area contributed by atoms with Gasteiger partial charge in [0.25, 0.3) is 0 Å². The van der Waals surface area contributed by atoms with Crippen LogP contribution in [0.25, 0.3) is 0 Å². The van der Waals surface area contributed by atoms with E-state index in [1.54, 1.807) is 0 Å². The summed E-state index contributed by atoms with van der Waals surface area (Å²) < 4.78 is 1.16. The van der Waals surface area contributed by atoms with Crippen LogP contribution in [0.5, 0.6) is 0 Å². The molecule has 0 aliphatic heterocycles. The van der Waals surface area contributed by atoms with Crippen molar-refractivity contribution >= 4 is 27.5 Å². The second-order valence-corrected chi connectivity index (χ2v) is 5.59. The minimum Gasteiger partial charge on any atom is -0.315 e. The minimum atomic E-state index is 0.581. The zero-order valence-corrected chi connectivity index (χ0v) is 12.2. The van der Waals surface area contributed by atoms with Crippen LogP contribution in [0.4, 0.5) is 0 Å². The number of unbranched alkanes of at least 4 members (excludes halogenated alkanes) is 1. The van der Waals surface area contributed by atoms with Crippen LogP contribution in [-0.2, 0) is 6.42 Å². The van der Waals surface area contributed by atoms with Gasteiger partial charge >= 0.3 is 0 Å². The van der Waals surface area contributed by atoms with E-state index in [0.717, 1.165) is 22.5 Å². The Bertz CT molecular complexity index is 326. The monoisotopic (exact) mass is 303 g/mol. The van der Waals surface area contributed by atoms with Crippen molar-refractivity contribution in [1.29, 1.82) is 0 Å². The van der Waals surface area contributed by atoms with Crippen molar-refractivity contribution in [2.75, 3.05) is 6.54 Å². The van der Waals surface area contributed by atoms with Crippen molar-refractivity contribution in [3.8, 4) is 0 Å². The van der Waals surface area contributed by atoms with Gasteiger partial charge in [0.2, 0.25) is 0 Å². The lowest BCUT2D eigenvalue weighted by molar-refractivity contribution is 0.557. The first-order chi connectivity index (χ1) is 7.59. The summed E-state index contributed by atoms with van der Waals surface area (Å²) in [5, 5.41) is 4.24. The SMILES string of the molecule is CC(C)NCCCCc1cc(Cl)ccc1Br. The molecule has 0 spiro atoms. The molecule has 0 radical (unpaired) electrons. The molecule has 0 bridgehead atoms. The Morgan fingerprint density at radius 1 is 1.31 bits per heavy atom. The molecule has 0 atom stereocenters. The highest BCUT2D eigenvalue weighted by molar-refractivity contribution is 9.10. The summed E-state index contributed by atoms with van der Waals surface area (Å²) in [6.07, 6.45) is 3.48. The van der Waals surface area contributed by atoms with Crippen LogP contribution in [0.1, 0.15) is 32.3 Å². The smallest absolute Gasteiger partial charge is 0.0409 e. The summed E-state index contributed by atoms with van der Waals surface area (Å²) in [4.78, 5) is 0. The molecule has 0 aromatic heterocycles. The average molecular weight is 305 g/mol. The topological polar surface area (TPSA) is 12.0 Å². The molecule has 0 amide bonds. The van der Waals surface area contributed by atoms with Gasteiger partial charge in [0, 0.05) is 15.5 Å². The molecule has 0 aliphatic carbocycles. The van der Waals surface area contributed by atoms with Crippen molar-refractivity contribution in [2.24, 2.45) is 0 Å². The van der Waals surface area contributed by atoms with Gasteiger partial charge in [0.1, 0.15) is 0 Å². The summed E-state index contributed by atoms with van der Waals surface area (Å²) in [5.41, 5.74) is 1.30. The molecule has 0 fully saturated rings. The van der Waals surface area contributed by atoms with Gasteiger partial charge in [0.05, 0.1) is 0 Å². The molecule has 1 rings (SSSR count). The highest BCUT2D eigenvalue weighted by Gasteiger charge is 2.01. The molecule has 16 heavy (non-hydrogen) atoms. The molecule has 0 aliphatic rings. The second-order valence-electron chi connectivity index (χ2n) is 4.30. The summed E-state index contributed by atoms with van der Waals surface area (Å²) in [5.74, 6) is 0. The maximum Gasteiger partial charge on any atom is 0.0409 e. The maximum absolute atomic E-state index is 5.97. The third kappa shape index (κ3) is 5.33. The Morgan fingerprint density at radius 3 is 2.75 bits per heavy atom. The summed E-state index contributed by atoms with van der Waals surface area (Å²) in [7, 11) is 0. The first-order valence-corrected chi connectivity index (χ1v) is 6.94. The molecule has 0 saturated heterocycles. The lowest BCUT2D eigenvalue weighted by atomic mass is 10.1. The van der Waals surface area contributed by atoms with E-state index >= 15 is 0 Å². The van der Waals surface area contributed by atoms with E-state index in [1.807, 2.05) is 18.2 Å². The van der Waals surface area contributed by atoms with E-state index in [2.05, 4.69) is 35.1 Å². The van der Waals surface area contributed by atoms with Crippen molar-refractivity contribution < 1.29 is 0 Å². The summed E-state index contributed by atoms with van der Waals surface area (Å²) in [6, 6.07) is 6.55. The van der Waals surface area contributed by atoms with E-state index in [4.69, 9.17) is 11.6 Å². The van der Waals surface area contributed by atoms with Crippen LogP contribution < -0.4 is 5.32 Å². The van der Waals surface area contributed by atoms with Gasteiger partial charge in [-0.25, -0.2) is 0 Å². The van der Waals surface area contributed by atoms with E-state index in [1.165, 1.54) is 18.4 Å². The number of hydrogen-bond donors (Lipinski definition) is 1. The Labute approximate surface area is 112 Å². The molecule has 1 nitrogen and oxygen atoms in total. The summed E-state index contributed by atoms with van der Waals surface area (Å²) in [6.45, 7) is 5.44. The van der Waals surface area contributed by atoms with Crippen LogP contribution in [0, 0.1) is 0 Å². The maximum atomic E-state index is 5.97. The van der Waals surface area contributed by atoms with Gasteiger partial charge in [0.15, 0.2) is 0 Å². The highest BCUT2D eigenvalue weighted by Crippen LogP contribution is 2.22. The Morgan fingerprint density at radius 2 is 2.06 bits per heavy atom. The lowest BCUT2D eigenvalue weighted by Crippen LogP contribution is -2.23. The van der Waals surface area contributed by atoms with Gasteiger partial charge in [-0.3, -0.25) is 0 Å². The fraction of sp³-hybridized carbons (Fsp3) is 0.538. The largest absolute Gasteiger partial charge is 0.315 e. The number of benzene rings is 1. The van der Waals surface area contributed by atoms with Gasteiger partial charge in [-0.2, -0.15) is 0 Å². The Hall–Kier alpha value is -0.0500. The minimum absolute atomic E-state index is 0.581. The third-order valence-electron chi connectivity index (χ3n) is 2.43. The summed E-state index contributed by atoms with van der Waals surface area (Å²) >= 11 is 9.51. The molecule has 3 heteroatoms. The fourth-order valence-electron chi connectivity index (χ4n) is 1.57. The normalized spacial score (nSPS) is 11.1. The first kappa shape index (κ1) is 14.0. The lowest BCUT2D eigenvalue weighted by Gasteiger charge is -2.08. The molecular weight excluding hydrogens is 286 g/mol. The van der Waals surface area contributed by atoms with Crippen LogP contribution in [0.3, 0.4) is 0 Å². The molecule has 1 aromatic carbocycles. The van der Waals surface area contributed by atoms with Crippen molar-refractivity contribution in [3.63, 3.8) is 0 Å².